The SMILES string of the molecule is Cc1cc(C(=O)Nc2ccccc2C(=O)NC(C)C)c2c(C)nn(C)c2n1. The fourth-order valence-corrected chi connectivity index (χ4v) is 3.07. The van der Waals surface area contributed by atoms with Gasteiger partial charge in [0.2, 0.25) is 0 Å². The number of hydrogen-bond acceptors (Lipinski definition) is 4. The predicted octanol–water partition coefficient (Wildman–Crippen LogP) is 2.98. The molecule has 140 valence electrons. The molecule has 2 N–H and O–H groups in total. The van der Waals surface area contributed by atoms with Crippen molar-refractivity contribution in [1.29, 1.82) is 0 Å². The molecular formula is C20H23N5O2. The van der Waals surface area contributed by atoms with Crippen LogP contribution < -0.4 is 10.6 Å². The quantitative estimate of drug-likeness (QED) is 0.744. The summed E-state index contributed by atoms with van der Waals surface area (Å²) in [6, 6.07) is 8.70. The summed E-state index contributed by atoms with van der Waals surface area (Å²) in [5.74, 6) is -0.527. The van der Waals surface area contributed by atoms with E-state index < -0.39 is 0 Å². The molecule has 0 bridgehead atoms. The van der Waals surface area contributed by atoms with E-state index in [1.807, 2.05) is 27.7 Å². The van der Waals surface area contributed by atoms with E-state index in [-0.39, 0.29) is 17.9 Å². The van der Waals surface area contributed by atoms with Crippen molar-refractivity contribution >= 4 is 28.5 Å². The first-order chi connectivity index (χ1) is 12.8. The van der Waals surface area contributed by atoms with Crippen LogP contribution in [-0.2, 0) is 7.05 Å². The molecule has 3 aromatic rings. The summed E-state index contributed by atoms with van der Waals surface area (Å²) in [6.45, 7) is 7.46. The van der Waals surface area contributed by atoms with Crippen molar-refractivity contribution in [1.82, 2.24) is 20.1 Å². The molecule has 0 radical (unpaired) electrons. The van der Waals surface area contributed by atoms with Crippen LogP contribution in [0.3, 0.4) is 0 Å². The maximum absolute atomic E-state index is 13.0. The molecule has 0 unspecified atom stereocenters. The first kappa shape index (κ1) is 18.6. The van der Waals surface area contributed by atoms with Crippen LogP contribution >= 0.6 is 0 Å². The lowest BCUT2D eigenvalue weighted by Gasteiger charge is -2.13. The molecule has 1 aromatic carbocycles. The van der Waals surface area contributed by atoms with Gasteiger partial charge < -0.3 is 10.6 Å². The number of amides is 2. The van der Waals surface area contributed by atoms with E-state index in [4.69, 9.17) is 0 Å². The highest BCUT2D eigenvalue weighted by atomic mass is 16.2. The highest BCUT2D eigenvalue weighted by Gasteiger charge is 2.20. The van der Waals surface area contributed by atoms with Gasteiger partial charge in [0.25, 0.3) is 11.8 Å². The van der Waals surface area contributed by atoms with Crippen LogP contribution in [0.4, 0.5) is 5.69 Å². The summed E-state index contributed by atoms with van der Waals surface area (Å²) in [4.78, 5) is 29.9. The zero-order chi connectivity index (χ0) is 19.7. The number of fused-ring (bicyclic) bond motifs is 1. The number of benzene rings is 1. The van der Waals surface area contributed by atoms with Crippen molar-refractivity contribution in [2.45, 2.75) is 33.7 Å². The van der Waals surface area contributed by atoms with Crippen LogP contribution in [0.25, 0.3) is 11.0 Å². The van der Waals surface area contributed by atoms with E-state index in [1.54, 1.807) is 42.1 Å². The van der Waals surface area contributed by atoms with E-state index in [0.29, 0.717) is 27.8 Å². The Bertz CT molecular complexity index is 1040. The molecule has 7 heteroatoms. The summed E-state index contributed by atoms with van der Waals surface area (Å²) in [5, 5.41) is 10.8. The third kappa shape index (κ3) is 3.67. The van der Waals surface area contributed by atoms with Crippen molar-refractivity contribution in [3.8, 4) is 0 Å². The van der Waals surface area contributed by atoms with Crippen molar-refractivity contribution in [3.05, 3.63) is 52.8 Å². The highest BCUT2D eigenvalue weighted by molar-refractivity contribution is 6.14. The molecule has 2 heterocycles. The standard InChI is InChI=1S/C20H23N5O2/c1-11(2)21-19(26)14-8-6-7-9-16(14)23-20(27)15-10-12(3)22-18-17(15)13(4)24-25(18)5/h6-11H,1-5H3,(H,21,26)(H,23,27). The molecule has 0 saturated carbocycles. The Balaban J connectivity index is 2.00. The zero-order valence-corrected chi connectivity index (χ0v) is 16.1. The van der Waals surface area contributed by atoms with Gasteiger partial charge in [-0.05, 0) is 45.9 Å². The van der Waals surface area contributed by atoms with Crippen molar-refractivity contribution < 1.29 is 9.59 Å². The van der Waals surface area contributed by atoms with E-state index in [2.05, 4.69) is 20.7 Å². The third-order valence-corrected chi connectivity index (χ3v) is 4.18. The van der Waals surface area contributed by atoms with Gasteiger partial charge in [0.1, 0.15) is 0 Å². The van der Waals surface area contributed by atoms with Gasteiger partial charge in [-0.2, -0.15) is 5.10 Å². The molecule has 0 fully saturated rings. The minimum absolute atomic E-state index is 0.00164. The van der Waals surface area contributed by atoms with E-state index in [1.165, 1.54) is 0 Å². The second kappa shape index (κ2) is 7.19. The summed E-state index contributed by atoms with van der Waals surface area (Å²) in [6.07, 6.45) is 0. The normalized spacial score (nSPS) is 11.0. The molecule has 3 rings (SSSR count). The predicted molar refractivity (Wildman–Crippen MR) is 105 cm³/mol. The van der Waals surface area contributed by atoms with E-state index >= 15 is 0 Å². The van der Waals surface area contributed by atoms with Crippen LogP contribution in [-0.4, -0.2) is 32.6 Å². The topological polar surface area (TPSA) is 88.9 Å². The van der Waals surface area contributed by atoms with Crippen molar-refractivity contribution in [2.24, 2.45) is 7.05 Å². The minimum Gasteiger partial charge on any atom is -0.350 e. The minimum atomic E-state index is -0.300. The second-order valence-corrected chi connectivity index (χ2v) is 6.85. The maximum atomic E-state index is 13.0. The number of carbonyl (C=O) groups excluding carboxylic acids is 2. The number of aryl methyl sites for hydroxylation is 3. The van der Waals surface area contributed by atoms with Crippen LogP contribution in [0.2, 0.25) is 0 Å². The number of nitrogens with zero attached hydrogens (tertiary/aromatic N) is 3. The molecule has 0 saturated heterocycles. The molecular weight excluding hydrogens is 342 g/mol. The van der Waals surface area contributed by atoms with Gasteiger partial charge in [0, 0.05) is 18.8 Å². The summed E-state index contributed by atoms with van der Waals surface area (Å²) >= 11 is 0. The summed E-state index contributed by atoms with van der Waals surface area (Å²) in [5.41, 5.74) is 3.48. The van der Waals surface area contributed by atoms with Gasteiger partial charge in [0.15, 0.2) is 5.65 Å². The average Bonchev–Trinajstić information content (AvgIpc) is 2.88. The lowest BCUT2D eigenvalue weighted by molar-refractivity contribution is 0.0944. The van der Waals surface area contributed by atoms with Gasteiger partial charge >= 0.3 is 0 Å². The fraction of sp³-hybridized carbons (Fsp3) is 0.300. The van der Waals surface area contributed by atoms with Gasteiger partial charge in [0.05, 0.1) is 27.9 Å². The molecule has 2 amide bonds. The number of carbonyl (C=O) groups is 2. The molecule has 2 aromatic heterocycles. The van der Waals surface area contributed by atoms with Gasteiger partial charge in [-0.1, -0.05) is 12.1 Å². The fourth-order valence-electron chi connectivity index (χ4n) is 3.07. The first-order valence-corrected chi connectivity index (χ1v) is 8.80. The number of anilines is 1. The van der Waals surface area contributed by atoms with Crippen molar-refractivity contribution in [3.63, 3.8) is 0 Å². The third-order valence-electron chi connectivity index (χ3n) is 4.18. The number of nitrogens with one attached hydrogen (secondary N) is 2. The summed E-state index contributed by atoms with van der Waals surface area (Å²) in [7, 11) is 1.80. The lowest BCUT2D eigenvalue weighted by atomic mass is 10.1. The Kier molecular flexibility index (Phi) is 4.94. The number of hydrogen-bond donors (Lipinski definition) is 2. The Morgan fingerprint density at radius 2 is 1.78 bits per heavy atom. The van der Waals surface area contributed by atoms with E-state index in [9.17, 15) is 9.59 Å². The molecule has 0 atom stereocenters. The van der Waals surface area contributed by atoms with E-state index in [0.717, 1.165) is 11.4 Å². The number of aromatic nitrogens is 3. The molecule has 7 nitrogen and oxygen atoms in total. The van der Waals surface area contributed by atoms with Gasteiger partial charge in [-0.25, -0.2) is 4.98 Å². The molecule has 0 aliphatic heterocycles. The Morgan fingerprint density at radius 3 is 2.48 bits per heavy atom. The molecule has 27 heavy (non-hydrogen) atoms. The van der Waals surface area contributed by atoms with Crippen LogP contribution in [0.5, 0.6) is 0 Å². The highest BCUT2D eigenvalue weighted by Crippen LogP contribution is 2.23. The molecule has 0 aliphatic rings. The Hall–Kier alpha value is -3.22. The summed E-state index contributed by atoms with van der Waals surface area (Å²) < 4.78 is 1.67. The Morgan fingerprint density at radius 1 is 1.07 bits per heavy atom. The molecule has 0 spiro atoms. The number of pyridine rings is 1. The number of rotatable bonds is 4. The van der Waals surface area contributed by atoms with Gasteiger partial charge in [-0.15, -0.1) is 0 Å². The van der Waals surface area contributed by atoms with Crippen LogP contribution in [0.1, 0.15) is 46.0 Å². The van der Waals surface area contributed by atoms with Crippen LogP contribution in [0, 0.1) is 13.8 Å². The lowest BCUT2D eigenvalue weighted by Crippen LogP contribution is -2.31. The van der Waals surface area contributed by atoms with Gasteiger partial charge in [-0.3, -0.25) is 14.3 Å². The average molecular weight is 365 g/mol. The largest absolute Gasteiger partial charge is 0.350 e. The molecule has 0 aliphatic carbocycles. The number of para-hydroxylation sites is 1. The second-order valence-electron chi connectivity index (χ2n) is 6.85. The smallest absolute Gasteiger partial charge is 0.256 e. The Labute approximate surface area is 157 Å². The van der Waals surface area contributed by atoms with Crippen molar-refractivity contribution in [2.75, 3.05) is 5.32 Å². The maximum Gasteiger partial charge on any atom is 0.256 e. The first-order valence-electron chi connectivity index (χ1n) is 8.80. The van der Waals surface area contributed by atoms with Crippen LogP contribution in [0.15, 0.2) is 30.3 Å². The monoisotopic (exact) mass is 365 g/mol. The zero-order valence-electron chi connectivity index (χ0n) is 16.1.